The molecule has 0 saturated carbocycles. The van der Waals surface area contributed by atoms with Gasteiger partial charge < -0.3 is 104 Å². The van der Waals surface area contributed by atoms with Gasteiger partial charge in [0.15, 0.2) is 17.6 Å². The molecule has 6 fully saturated rings. The van der Waals surface area contributed by atoms with Gasteiger partial charge in [0.2, 0.25) is 17.7 Å². The number of aliphatic carboxylic acids is 1. The van der Waals surface area contributed by atoms with Crippen LogP contribution in [0, 0.1) is 11.8 Å². The SMILES string of the molecule is COC(=O)N[C@H](C(=O)N1CC2(C[C@H]1c1ncc(-c3ccc(-c4ccc5c6c(ccc5c4)N=C([C@@H]4CCCN4)C6)cc3)[nH]1)OCCO2)C(C)C.COC(=O)N[C@H](C(=O)N1CC2(C[C@H]1c1ncc(-c3ccc(-c4ccc5c6c(ccc5c4)N=C([C@@H]4CCCN4C(=O)[C@@H](NC(=O)OC)[C@@H](C)OC)C6)cc3)[nH]1)OCCO2)C(C)C.COC(=O)N[C@H](C(=O)O)[C@@H](C)OC. The van der Waals surface area contributed by atoms with Crippen molar-refractivity contribution in [3.05, 3.63) is 144 Å². The third-order valence-corrected chi connectivity index (χ3v) is 24.4. The van der Waals surface area contributed by atoms with Crippen molar-refractivity contribution in [1.82, 2.24) is 61.2 Å². The molecule has 0 aliphatic carbocycles. The van der Waals surface area contributed by atoms with E-state index in [1.165, 1.54) is 77.4 Å². The predicted octanol–water partition coefficient (Wildman–Crippen LogP) is 11.2. The average Bonchev–Trinajstić information content (AvgIpc) is 1.60. The van der Waals surface area contributed by atoms with Crippen molar-refractivity contribution >= 4 is 92.4 Å². The molecule has 7 amide bonds. The second-order valence-electron chi connectivity index (χ2n) is 32.7. The number of nitrogens with one attached hydrogen (secondary N) is 7. The lowest BCUT2D eigenvalue weighted by atomic mass is 9.95. The van der Waals surface area contributed by atoms with Crippen LogP contribution >= 0.6 is 0 Å². The van der Waals surface area contributed by atoms with Gasteiger partial charge in [-0.25, -0.2) is 33.9 Å². The molecule has 10 atom stereocenters. The zero-order valence-corrected chi connectivity index (χ0v) is 71.2. The number of benzene rings is 6. The number of aromatic nitrogens is 4. The van der Waals surface area contributed by atoms with Crippen molar-refractivity contribution in [1.29, 1.82) is 0 Å². The lowest BCUT2D eigenvalue weighted by Crippen LogP contribution is -2.56. The molecule has 0 bridgehead atoms. The topological polar surface area (TPSA) is 401 Å². The Morgan fingerprint density at radius 1 is 0.463 bits per heavy atom. The first-order valence-electron chi connectivity index (χ1n) is 41.7. The summed E-state index contributed by atoms with van der Waals surface area (Å²) in [5.41, 5.74) is 14.6. The molecule has 8 N–H and O–H groups in total. The molecule has 6 saturated heterocycles. The minimum Gasteiger partial charge on any atom is -0.480 e. The molecule has 0 unspecified atom stereocenters. The van der Waals surface area contributed by atoms with Gasteiger partial charge in [-0.2, -0.15) is 0 Å². The summed E-state index contributed by atoms with van der Waals surface area (Å²) in [6.45, 7) is 14.7. The van der Waals surface area contributed by atoms with E-state index in [1.807, 2.05) is 50.8 Å². The number of carboxylic acids is 1. The van der Waals surface area contributed by atoms with Crippen LogP contribution in [0.1, 0.15) is 115 Å². The lowest BCUT2D eigenvalue weighted by Gasteiger charge is -2.31. The van der Waals surface area contributed by atoms with Crippen LogP contribution in [0.25, 0.3) is 66.3 Å². The number of ether oxygens (including phenoxy) is 10. The van der Waals surface area contributed by atoms with Crippen LogP contribution in [0.4, 0.5) is 30.6 Å². The number of hydrogen-bond acceptors (Lipinski definition) is 23. The van der Waals surface area contributed by atoms with Gasteiger partial charge in [-0.1, -0.05) is 113 Å². The molecule has 2 spiro atoms. The molecule has 10 heterocycles. The number of carboxylic acid groups (broad SMARTS) is 1. The Balaban J connectivity index is 0.000000178. The molecule has 8 aliphatic heterocycles. The number of aliphatic imine (C=N–C) groups is 2. The van der Waals surface area contributed by atoms with Gasteiger partial charge in [0.05, 0.1) is 133 Å². The minimum atomic E-state index is -1.17. The molecule has 652 valence electrons. The highest BCUT2D eigenvalue weighted by Crippen LogP contribution is 2.46. The molecule has 0 radical (unpaired) electrons. The van der Waals surface area contributed by atoms with E-state index >= 15 is 0 Å². The standard InChI is InChI=1S/C45H53N7O9.C38H42N6O5.C7H13NO5/c1-25(2)38(49-43(55)58-5)41(53)52-24-45(60-18-19-61-45)22-37(52)40-46-23-35(48-40)28-11-9-27(10-12-28)29-13-15-31-30(20-29)14-16-33-32(31)21-34(47-33)36-8-7-17-51(36)42(54)39(26(3)57-4)50-44(56)59-6;1-22(2)34(43-37(46)47-3)36(45)44-21-38(48-15-16-49-38)19-33(44)35-40-20-32(42-35)24-8-6-23(7-9-24)25-10-12-27-26(17-25)11-13-29-28(27)18-31(41-29)30-5-4-14-39-30;1-4(12-2)5(6(9)10)8-7(11)13-3/h9-16,20,23,25-26,36-39H,7-8,17-19,21-22,24H2,1-6H3,(H,46,48)(H,49,55)(H,50,56);6-13,17,20,22,30,33-34,39H,4-5,14-16,18-19,21H2,1-3H3,(H,40,42)(H,43,46);4-5H,1-3H3,(H,8,11)(H,9,10)/t26-,36+,37+,38+,39+;30-,33-,34-;4-,5+/m101/s1. The number of fused-ring (bicyclic) bond motifs is 6. The van der Waals surface area contributed by atoms with Crippen LogP contribution in [0.3, 0.4) is 0 Å². The number of aromatic amines is 2. The summed E-state index contributed by atoms with van der Waals surface area (Å²) in [5.74, 6) is -2.82. The summed E-state index contributed by atoms with van der Waals surface area (Å²) in [5, 5.41) is 27.2. The van der Waals surface area contributed by atoms with Crippen molar-refractivity contribution < 1.29 is 90.8 Å². The van der Waals surface area contributed by atoms with E-state index in [-0.39, 0.29) is 48.7 Å². The maximum atomic E-state index is 14.0. The first kappa shape index (κ1) is 87.6. The molecule has 33 heteroatoms. The molecule has 123 heavy (non-hydrogen) atoms. The van der Waals surface area contributed by atoms with E-state index in [9.17, 15) is 38.4 Å². The van der Waals surface area contributed by atoms with Gasteiger partial charge in [-0.05, 0) is 148 Å². The first-order chi connectivity index (χ1) is 59.2. The third kappa shape index (κ3) is 18.9. The molecule has 2 aromatic heterocycles. The number of rotatable bonds is 22. The van der Waals surface area contributed by atoms with Gasteiger partial charge in [0.25, 0.3) is 0 Å². The Morgan fingerprint density at radius 3 is 1.28 bits per heavy atom. The van der Waals surface area contributed by atoms with Crippen molar-refractivity contribution in [2.45, 2.75) is 165 Å². The summed E-state index contributed by atoms with van der Waals surface area (Å²) in [4.78, 5) is 131. The zero-order chi connectivity index (χ0) is 87.1. The van der Waals surface area contributed by atoms with Crippen LogP contribution in [-0.4, -0.2) is 255 Å². The number of likely N-dealkylation sites (tertiary alicyclic amines) is 3. The van der Waals surface area contributed by atoms with Crippen LogP contribution in [0.5, 0.6) is 0 Å². The summed E-state index contributed by atoms with van der Waals surface area (Å²) >= 11 is 0. The molecule has 16 rings (SSSR count). The maximum Gasteiger partial charge on any atom is 0.407 e. The zero-order valence-electron chi connectivity index (χ0n) is 71.2. The minimum absolute atomic E-state index is 0.163. The predicted molar refractivity (Wildman–Crippen MR) is 456 cm³/mol. The number of carbonyl (C=O) groups is 8. The largest absolute Gasteiger partial charge is 0.480 e. The number of H-pyrrole nitrogens is 2. The second-order valence-corrected chi connectivity index (χ2v) is 32.7. The highest BCUT2D eigenvalue weighted by molar-refractivity contribution is 6.07. The van der Waals surface area contributed by atoms with Crippen molar-refractivity contribution in [2.24, 2.45) is 21.8 Å². The van der Waals surface area contributed by atoms with Crippen molar-refractivity contribution in [3.8, 4) is 44.8 Å². The average molecular weight is 1690 g/mol. The molecular weight excluding hydrogens is 1580 g/mol. The van der Waals surface area contributed by atoms with Gasteiger partial charge in [0.1, 0.15) is 29.8 Å². The number of hydrogen-bond donors (Lipinski definition) is 8. The Bertz CT molecular complexity index is 5280. The second kappa shape index (κ2) is 38.0. The van der Waals surface area contributed by atoms with Crippen molar-refractivity contribution in [3.63, 3.8) is 0 Å². The Labute approximate surface area is 712 Å². The van der Waals surface area contributed by atoms with Crippen LogP contribution in [-0.2, 0) is 79.4 Å². The third-order valence-electron chi connectivity index (χ3n) is 24.4. The van der Waals surface area contributed by atoms with Gasteiger partial charge in [-0.3, -0.25) is 24.4 Å². The quantitative estimate of drug-likeness (QED) is 0.0292. The molecular formula is C90H108N14O19. The number of alkyl carbamates (subject to hydrolysis) is 4. The van der Waals surface area contributed by atoms with Crippen LogP contribution in [0.15, 0.2) is 132 Å². The maximum absolute atomic E-state index is 14.0. The van der Waals surface area contributed by atoms with Crippen molar-refractivity contribution in [2.75, 3.05) is 95.3 Å². The van der Waals surface area contributed by atoms with E-state index in [2.05, 4.69) is 132 Å². The fourth-order valence-corrected chi connectivity index (χ4v) is 17.6. The highest BCUT2D eigenvalue weighted by atomic mass is 16.7. The van der Waals surface area contributed by atoms with Crippen LogP contribution < -0.4 is 26.6 Å². The molecule has 8 aromatic rings. The highest BCUT2D eigenvalue weighted by Gasteiger charge is 2.55. The van der Waals surface area contributed by atoms with E-state index in [0.29, 0.717) is 69.9 Å². The number of carbonyl (C=O) groups excluding carboxylic acids is 7. The Hall–Kier alpha value is -11.7. The monoisotopic (exact) mass is 1690 g/mol. The summed E-state index contributed by atoms with van der Waals surface area (Å²) in [6, 6.07) is 34.1. The molecule has 6 aromatic carbocycles. The number of imidazole rings is 2. The van der Waals surface area contributed by atoms with E-state index in [1.54, 1.807) is 29.1 Å². The molecule has 8 aliphatic rings. The van der Waals surface area contributed by atoms with Crippen LogP contribution in [0.2, 0.25) is 0 Å². The summed E-state index contributed by atoms with van der Waals surface area (Å²) < 4.78 is 53.0. The first-order valence-corrected chi connectivity index (χ1v) is 41.7. The number of nitrogens with zero attached hydrogens (tertiary/aromatic N) is 7. The smallest absolute Gasteiger partial charge is 0.407 e. The summed E-state index contributed by atoms with van der Waals surface area (Å²) in [6.07, 6.45) is 6.00. The molecule has 33 nitrogen and oxygen atoms in total. The normalized spacial score (nSPS) is 20.5. The number of methoxy groups -OCH3 is 6. The lowest BCUT2D eigenvalue weighted by molar-refractivity contribution is -0.153. The van der Waals surface area contributed by atoms with Gasteiger partial charge in [-0.15, -0.1) is 0 Å². The van der Waals surface area contributed by atoms with E-state index in [0.717, 1.165) is 111 Å². The fourth-order valence-electron chi connectivity index (χ4n) is 17.6. The number of amides is 7. The Morgan fingerprint density at radius 2 is 0.862 bits per heavy atom. The van der Waals surface area contributed by atoms with Gasteiger partial charge in [0, 0.05) is 63.9 Å². The van der Waals surface area contributed by atoms with E-state index < -0.39 is 90.4 Å². The van der Waals surface area contributed by atoms with E-state index in [4.69, 9.17) is 67.7 Å². The Kier molecular flexibility index (Phi) is 27.0. The fraction of sp³-hybridized carbons (Fsp3) is 0.467. The van der Waals surface area contributed by atoms with Gasteiger partial charge >= 0.3 is 30.3 Å². The summed E-state index contributed by atoms with van der Waals surface area (Å²) in [7, 11) is 7.86.